The van der Waals surface area contributed by atoms with Crippen molar-refractivity contribution < 1.29 is 9.18 Å². The van der Waals surface area contributed by atoms with E-state index in [0.29, 0.717) is 24.4 Å². The third-order valence-electron chi connectivity index (χ3n) is 3.96. The van der Waals surface area contributed by atoms with Crippen LogP contribution in [-0.2, 0) is 0 Å². The van der Waals surface area contributed by atoms with E-state index in [1.807, 2.05) is 6.92 Å². The fourth-order valence-corrected chi connectivity index (χ4v) is 2.55. The Bertz CT molecular complexity index is 463. The minimum atomic E-state index is -0.353. The number of Topliss-reactive ketones (excluding diaryl/α,β-unsaturated/α-hetero) is 1. The van der Waals surface area contributed by atoms with Gasteiger partial charge in [0.05, 0.1) is 0 Å². The van der Waals surface area contributed by atoms with Gasteiger partial charge in [0.15, 0.2) is 5.78 Å². The van der Waals surface area contributed by atoms with Crippen LogP contribution in [0.5, 0.6) is 0 Å². The first-order valence-electron chi connectivity index (χ1n) is 7.25. The number of rotatable bonds is 6. The lowest BCUT2D eigenvalue weighted by Gasteiger charge is -2.30. The molecule has 1 atom stereocenters. The second-order valence-electron chi connectivity index (χ2n) is 6.56. The number of aryl methyl sites for hydroxylation is 1. The highest BCUT2D eigenvalue weighted by Crippen LogP contribution is 2.32. The molecule has 0 radical (unpaired) electrons. The molecule has 0 saturated carbocycles. The van der Waals surface area contributed by atoms with Crippen molar-refractivity contribution in [2.24, 2.45) is 17.1 Å². The molecule has 0 aliphatic rings. The fraction of sp³-hybridized carbons (Fsp3) is 0.588. The van der Waals surface area contributed by atoms with Crippen molar-refractivity contribution >= 4 is 5.78 Å². The Morgan fingerprint density at radius 1 is 1.30 bits per heavy atom. The summed E-state index contributed by atoms with van der Waals surface area (Å²) in [7, 11) is 0. The number of carbonyl (C=O) groups is 1. The van der Waals surface area contributed by atoms with Crippen molar-refractivity contribution in [3.8, 4) is 0 Å². The molecule has 0 bridgehead atoms. The highest BCUT2D eigenvalue weighted by Gasteiger charge is 2.24. The zero-order chi connectivity index (χ0) is 15.3. The normalized spacial score (nSPS) is 13.3. The molecular formula is C17H26FNO. The van der Waals surface area contributed by atoms with E-state index in [4.69, 9.17) is 5.73 Å². The number of halogens is 1. The number of hydrogen-bond donors (Lipinski definition) is 1. The van der Waals surface area contributed by atoms with Gasteiger partial charge in [0.25, 0.3) is 0 Å². The Labute approximate surface area is 121 Å². The van der Waals surface area contributed by atoms with Gasteiger partial charge < -0.3 is 5.73 Å². The summed E-state index contributed by atoms with van der Waals surface area (Å²) in [6.45, 7) is 8.99. The maximum Gasteiger partial charge on any atom is 0.163 e. The number of carbonyl (C=O) groups excluding carboxylic acids is 1. The Hall–Kier alpha value is -1.22. The molecule has 1 rings (SSSR count). The molecule has 112 valence electrons. The molecule has 2 N–H and O–H groups in total. The maximum absolute atomic E-state index is 13.2. The largest absolute Gasteiger partial charge is 0.330 e. The average molecular weight is 279 g/mol. The van der Waals surface area contributed by atoms with E-state index < -0.39 is 0 Å². The van der Waals surface area contributed by atoms with Crippen LogP contribution in [0.15, 0.2) is 18.2 Å². The second-order valence-corrected chi connectivity index (χ2v) is 6.56. The second kappa shape index (κ2) is 6.98. The zero-order valence-corrected chi connectivity index (χ0v) is 13.0. The smallest absolute Gasteiger partial charge is 0.163 e. The standard InChI is InChI=1S/C17H26FNO/c1-12-5-7-14(18)11-15(12)16(20)8-6-13(9-10-19)17(2,3)4/h5,7,11,13H,6,8-10,19H2,1-4H3. The van der Waals surface area contributed by atoms with Crippen LogP contribution in [0.1, 0.15) is 56.0 Å². The third-order valence-corrected chi connectivity index (χ3v) is 3.96. The van der Waals surface area contributed by atoms with Gasteiger partial charge in [0.1, 0.15) is 5.82 Å². The molecule has 1 aromatic rings. The molecule has 0 amide bonds. The maximum atomic E-state index is 13.2. The van der Waals surface area contributed by atoms with Gasteiger partial charge >= 0.3 is 0 Å². The first kappa shape index (κ1) is 16.8. The SMILES string of the molecule is Cc1ccc(F)cc1C(=O)CCC(CCN)C(C)(C)C. The molecule has 1 unspecified atom stereocenters. The highest BCUT2D eigenvalue weighted by molar-refractivity contribution is 5.97. The lowest BCUT2D eigenvalue weighted by Crippen LogP contribution is -2.24. The summed E-state index contributed by atoms with van der Waals surface area (Å²) in [5.41, 5.74) is 7.13. The summed E-state index contributed by atoms with van der Waals surface area (Å²) < 4.78 is 13.2. The highest BCUT2D eigenvalue weighted by atomic mass is 19.1. The molecule has 20 heavy (non-hydrogen) atoms. The van der Waals surface area contributed by atoms with Crippen LogP contribution in [0.3, 0.4) is 0 Å². The molecule has 0 aliphatic carbocycles. The van der Waals surface area contributed by atoms with Crippen LogP contribution < -0.4 is 5.73 Å². The van der Waals surface area contributed by atoms with Crippen LogP contribution >= 0.6 is 0 Å². The summed E-state index contributed by atoms with van der Waals surface area (Å²) in [4.78, 5) is 12.3. The lowest BCUT2D eigenvalue weighted by atomic mass is 9.75. The van der Waals surface area contributed by atoms with E-state index in [-0.39, 0.29) is 17.0 Å². The van der Waals surface area contributed by atoms with E-state index in [2.05, 4.69) is 20.8 Å². The van der Waals surface area contributed by atoms with Crippen molar-refractivity contribution in [1.82, 2.24) is 0 Å². The van der Waals surface area contributed by atoms with Gasteiger partial charge in [-0.1, -0.05) is 26.8 Å². The molecular weight excluding hydrogens is 253 g/mol. The monoisotopic (exact) mass is 279 g/mol. The summed E-state index contributed by atoms with van der Waals surface area (Å²) in [5, 5.41) is 0. The van der Waals surface area contributed by atoms with Gasteiger partial charge in [-0.25, -0.2) is 4.39 Å². The van der Waals surface area contributed by atoms with Gasteiger partial charge in [-0.3, -0.25) is 4.79 Å². The number of nitrogens with two attached hydrogens (primary N) is 1. The molecule has 2 nitrogen and oxygen atoms in total. The summed E-state index contributed by atoms with van der Waals surface area (Å²) >= 11 is 0. The number of hydrogen-bond acceptors (Lipinski definition) is 2. The first-order valence-corrected chi connectivity index (χ1v) is 7.25. The molecule has 0 aliphatic heterocycles. The quantitative estimate of drug-likeness (QED) is 0.796. The van der Waals surface area contributed by atoms with Crippen LogP contribution in [0, 0.1) is 24.1 Å². The summed E-state index contributed by atoms with van der Waals surface area (Å²) in [6.07, 6.45) is 2.17. The van der Waals surface area contributed by atoms with E-state index in [9.17, 15) is 9.18 Å². The Morgan fingerprint density at radius 2 is 1.95 bits per heavy atom. The van der Waals surface area contributed by atoms with Gasteiger partial charge in [-0.2, -0.15) is 0 Å². The first-order chi connectivity index (χ1) is 9.25. The molecule has 0 heterocycles. The van der Waals surface area contributed by atoms with Gasteiger partial charge in [-0.05, 0) is 55.3 Å². The van der Waals surface area contributed by atoms with Gasteiger partial charge in [0.2, 0.25) is 0 Å². The summed E-state index contributed by atoms with van der Waals surface area (Å²) in [5.74, 6) is 0.0758. The Kier molecular flexibility index (Phi) is 5.88. The summed E-state index contributed by atoms with van der Waals surface area (Å²) in [6, 6.07) is 4.38. The Balaban J connectivity index is 2.73. The van der Waals surface area contributed by atoms with Gasteiger partial charge in [-0.15, -0.1) is 0 Å². The van der Waals surface area contributed by atoms with Crippen molar-refractivity contribution in [2.75, 3.05) is 6.54 Å². The molecule has 0 aromatic heterocycles. The van der Waals surface area contributed by atoms with Gasteiger partial charge in [0, 0.05) is 12.0 Å². The van der Waals surface area contributed by atoms with E-state index >= 15 is 0 Å². The molecule has 0 spiro atoms. The van der Waals surface area contributed by atoms with Crippen molar-refractivity contribution in [3.05, 3.63) is 35.1 Å². The minimum absolute atomic E-state index is 0.0215. The van der Waals surface area contributed by atoms with E-state index in [1.165, 1.54) is 12.1 Å². The third kappa shape index (κ3) is 4.71. The lowest BCUT2D eigenvalue weighted by molar-refractivity contribution is 0.0956. The molecule has 0 saturated heterocycles. The topological polar surface area (TPSA) is 43.1 Å². The predicted octanol–water partition coefficient (Wildman–Crippen LogP) is 4.11. The average Bonchev–Trinajstić information content (AvgIpc) is 2.35. The molecule has 3 heteroatoms. The predicted molar refractivity (Wildman–Crippen MR) is 81.3 cm³/mol. The number of benzene rings is 1. The van der Waals surface area contributed by atoms with Crippen molar-refractivity contribution in [2.45, 2.75) is 47.0 Å². The van der Waals surface area contributed by atoms with E-state index in [0.717, 1.165) is 18.4 Å². The van der Waals surface area contributed by atoms with Crippen LogP contribution in [-0.4, -0.2) is 12.3 Å². The fourth-order valence-electron chi connectivity index (χ4n) is 2.55. The molecule has 0 fully saturated rings. The Morgan fingerprint density at radius 3 is 2.50 bits per heavy atom. The van der Waals surface area contributed by atoms with Crippen molar-refractivity contribution in [1.29, 1.82) is 0 Å². The molecule has 1 aromatic carbocycles. The van der Waals surface area contributed by atoms with E-state index in [1.54, 1.807) is 6.07 Å². The zero-order valence-electron chi connectivity index (χ0n) is 13.0. The van der Waals surface area contributed by atoms with Crippen LogP contribution in [0.2, 0.25) is 0 Å². The minimum Gasteiger partial charge on any atom is -0.330 e. The van der Waals surface area contributed by atoms with Crippen LogP contribution in [0.25, 0.3) is 0 Å². The van der Waals surface area contributed by atoms with Crippen LogP contribution in [0.4, 0.5) is 4.39 Å². The van der Waals surface area contributed by atoms with Crippen molar-refractivity contribution in [3.63, 3.8) is 0 Å². The number of ketones is 1.